The van der Waals surface area contributed by atoms with Crippen LogP contribution in [-0.2, 0) is 6.42 Å². The zero-order chi connectivity index (χ0) is 10.3. The lowest BCUT2D eigenvalue weighted by atomic mass is 9.85. The highest BCUT2D eigenvalue weighted by atomic mass is 19.4. The molecule has 1 aliphatic rings. The molecule has 0 spiro atoms. The van der Waals surface area contributed by atoms with E-state index in [1.54, 1.807) is 6.07 Å². The van der Waals surface area contributed by atoms with Crippen molar-refractivity contribution in [2.24, 2.45) is 11.7 Å². The topological polar surface area (TPSA) is 39.2 Å². The molecule has 1 aliphatic carbocycles. The SMILES string of the molecule is N[C@H]1C[C@H](C(F)(F)F)Cc2occc21. The lowest BCUT2D eigenvalue weighted by Crippen LogP contribution is -2.32. The van der Waals surface area contributed by atoms with Gasteiger partial charge in [0.05, 0.1) is 12.2 Å². The molecule has 0 radical (unpaired) electrons. The zero-order valence-electron chi connectivity index (χ0n) is 7.34. The molecule has 0 fully saturated rings. The van der Waals surface area contributed by atoms with E-state index in [1.165, 1.54) is 6.26 Å². The maximum atomic E-state index is 12.4. The first-order valence-electron chi connectivity index (χ1n) is 4.37. The molecule has 2 rings (SSSR count). The summed E-state index contributed by atoms with van der Waals surface area (Å²) < 4.78 is 42.2. The van der Waals surface area contributed by atoms with Gasteiger partial charge in [0.2, 0.25) is 0 Å². The molecular weight excluding hydrogens is 195 g/mol. The summed E-state index contributed by atoms with van der Waals surface area (Å²) in [6.07, 6.45) is -2.92. The number of hydrogen-bond acceptors (Lipinski definition) is 2. The Morgan fingerprint density at radius 1 is 1.43 bits per heavy atom. The average Bonchev–Trinajstić information content (AvgIpc) is 2.50. The molecule has 0 aliphatic heterocycles. The summed E-state index contributed by atoms with van der Waals surface area (Å²) in [5.74, 6) is -0.984. The summed E-state index contributed by atoms with van der Waals surface area (Å²) >= 11 is 0. The van der Waals surface area contributed by atoms with Crippen LogP contribution in [0.3, 0.4) is 0 Å². The van der Waals surface area contributed by atoms with Crippen molar-refractivity contribution < 1.29 is 17.6 Å². The van der Waals surface area contributed by atoms with Gasteiger partial charge in [-0.15, -0.1) is 0 Å². The largest absolute Gasteiger partial charge is 0.469 e. The number of furan rings is 1. The predicted molar refractivity (Wildman–Crippen MR) is 43.5 cm³/mol. The number of nitrogens with two attached hydrogens (primary N) is 1. The molecule has 78 valence electrons. The Labute approximate surface area is 78.9 Å². The molecule has 0 bridgehead atoms. The number of fused-ring (bicyclic) bond motifs is 1. The van der Waals surface area contributed by atoms with E-state index >= 15 is 0 Å². The fraction of sp³-hybridized carbons (Fsp3) is 0.556. The quantitative estimate of drug-likeness (QED) is 0.706. The minimum absolute atomic E-state index is 0.0456. The van der Waals surface area contributed by atoms with Gasteiger partial charge >= 0.3 is 6.18 Å². The Balaban J connectivity index is 2.26. The second kappa shape index (κ2) is 3.02. The van der Waals surface area contributed by atoms with Gasteiger partial charge < -0.3 is 10.2 Å². The normalized spacial score (nSPS) is 27.4. The van der Waals surface area contributed by atoms with E-state index in [0.717, 1.165) is 0 Å². The van der Waals surface area contributed by atoms with E-state index in [0.29, 0.717) is 11.3 Å². The molecule has 0 unspecified atom stereocenters. The Bertz CT molecular complexity index is 331. The van der Waals surface area contributed by atoms with Crippen LogP contribution in [0, 0.1) is 5.92 Å². The summed E-state index contributed by atoms with van der Waals surface area (Å²) in [7, 11) is 0. The molecule has 1 aromatic rings. The van der Waals surface area contributed by atoms with Crippen LogP contribution >= 0.6 is 0 Å². The van der Waals surface area contributed by atoms with Crippen molar-refractivity contribution in [1.29, 1.82) is 0 Å². The van der Waals surface area contributed by atoms with Gasteiger partial charge in [-0.05, 0) is 12.5 Å². The summed E-state index contributed by atoms with van der Waals surface area (Å²) in [6, 6.07) is 1.09. The Morgan fingerprint density at radius 3 is 2.79 bits per heavy atom. The van der Waals surface area contributed by atoms with Crippen LogP contribution in [0.15, 0.2) is 16.7 Å². The Hall–Kier alpha value is -0.970. The molecule has 0 saturated heterocycles. The molecule has 2 atom stereocenters. The van der Waals surface area contributed by atoms with Gasteiger partial charge in [0, 0.05) is 18.0 Å². The maximum Gasteiger partial charge on any atom is 0.392 e. The average molecular weight is 205 g/mol. The molecule has 14 heavy (non-hydrogen) atoms. The van der Waals surface area contributed by atoms with Gasteiger partial charge in [0.25, 0.3) is 0 Å². The molecule has 0 aromatic carbocycles. The first kappa shape index (κ1) is 9.58. The lowest BCUT2D eigenvalue weighted by Gasteiger charge is -2.27. The summed E-state index contributed by atoms with van der Waals surface area (Å²) in [4.78, 5) is 0. The second-order valence-corrected chi connectivity index (χ2v) is 3.58. The van der Waals surface area contributed by atoms with Crippen molar-refractivity contribution in [3.05, 3.63) is 23.7 Å². The third-order valence-corrected chi connectivity index (χ3v) is 2.61. The maximum absolute atomic E-state index is 12.4. The third-order valence-electron chi connectivity index (χ3n) is 2.61. The van der Waals surface area contributed by atoms with Gasteiger partial charge in [-0.2, -0.15) is 13.2 Å². The molecule has 1 heterocycles. The van der Waals surface area contributed by atoms with Crippen LogP contribution < -0.4 is 5.73 Å². The molecule has 0 saturated carbocycles. The number of hydrogen-bond donors (Lipinski definition) is 1. The standard InChI is InChI=1S/C9H10F3NO/c10-9(11,12)5-3-7(13)6-1-2-14-8(6)4-5/h1-2,5,7H,3-4,13H2/t5-,7-/m0/s1. The lowest BCUT2D eigenvalue weighted by molar-refractivity contribution is -0.179. The molecule has 5 heteroatoms. The van der Waals surface area contributed by atoms with Crippen molar-refractivity contribution in [2.45, 2.75) is 25.1 Å². The van der Waals surface area contributed by atoms with Gasteiger partial charge in [0.1, 0.15) is 5.76 Å². The smallest absolute Gasteiger partial charge is 0.392 e. The highest BCUT2D eigenvalue weighted by molar-refractivity contribution is 5.24. The molecule has 0 amide bonds. The minimum atomic E-state index is -4.18. The van der Waals surface area contributed by atoms with Crippen LogP contribution in [0.1, 0.15) is 23.8 Å². The highest BCUT2D eigenvalue weighted by Crippen LogP contribution is 2.40. The highest BCUT2D eigenvalue weighted by Gasteiger charge is 2.44. The summed E-state index contributed by atoms with van der Waals surface area (Å²) in [6.45, 7) is 0. The minimum Gasteiger partial charge on any atom is -0.469 e. The fourth-order valence-electron chi connectivity index (χ4n) is 1.84. The number of rotatable bonds is 0. The van der Waals surface area contributed by atoms with Crippen LogP contribution in [0.25, 0.3) is 0 Å². The predicted octanol–water partition coefficient (Wildman–Crippen LogP) is 2.40. The number of alkyl halides is 3. The van der Waals surface area contributed by atoms with E-state index in [1.807, 2.05) is 0 Å². The van der Waals surface area contributed by atoms with Crippen molar-refractivity contribution in [3.8, 4) is 0 Å². The van der Waals surface area contributed by atoms with Gasteiger partial charge in [-0.1, -0.05) is 0 Å². The van der Waals surface area contributed by atoms with Crippen LogP contribution in [0.5, 0.6) is 0 Å². The summed E-state index contributed by atoms with van der Waals surface area (Å²) in [5, 5.41) is 0. The van der Waals surface area contributed by atoms with Crippen LogP contribution in [0.2, 0.25) is 0 Å². The molecule has 2 N–H and O–H groups in total. The summed E-state index contributed by atoms with van der Waals surface area (Å²) in [5.41, 5.74) is 6.33. The van der Waals surface area contributed by atoms with Gasteiger partial charge in [-0.25, -0.2) is 0 Å². The molecule has 2 nitrogen and oxygen atoms in total. The van der Waals surface area contributed by atoms with Gasteiger partial charge in [-0.3, -0.25) is 0 Å². The van der Waals surface area contributed by atoms with E-state index in [9.17, 15) is 13.2 Å². The van der Waals surface area contributed by atoms with E-state index in [4.69, 9.17) is 10.2 Å². The number of halogens is 3. The monoisotopic (exact) mass is 205 g/mol. The van der Waals surface area contributed by atoms with Crippen LogP contribution in [-0.4, -0.2) is 6.18 Å². The van der Waals surface area contributed by atoms with E-state index < -0.39 is 18.1 Å². The fourth-order valence-corrected chi connectivity index (χ4v) is 1.84. The first-order valence-corrected chi connectivity index (χ1v) is 4.37. The second-order valence-electron chi connectivity index (χ2n) is 3.58. The van der Waals surface area contributed by atoms with Gasteiger partial charge in [0.15, 0.2) is 0 Å². The Kier molecular flexibility index (Phi) is 2.06. The first-order chi connectivity index (χ1) is 6.48. The van der Waals surface area contributed by atoms with Crippen molar-refractivity contribution in [1.82, 2.24) is 0 Å². The Morgan fingerprint density at radius 2 is 2.14 bits per heavy atom. The zero-order valence-corrected chi connectivity index (χ0v) is 7.34. The van der Waals surface area contributed by atoms with Crippen molar-refractivity contribution in [2.75, 3.05) is 0 Å². The molecular formula is C9H10F3NO. The molecule has 1 aromatic heterocycles. The van der Waals surface area contributed by atoms with E-state index in [2.05, 4.69) is 0 Å². The van der Waals surface area contributed by atoms with Crippen molar-refractivity contribution >= 4 is 0 Å². The van der Waals surface area contributed by atoms with Crippen LogP contribution in [0.4, 0.5) is 13.2 Å². The van der Waals surface area contributed by atoms with E-state index in [-0.39, 0.29) is 12.8 Å². The third kappa shape index (κ3) is 1.52. The van der Waals surface area contributed by atoms with Crippen molar-refractivity contribution in [3.63, 3.8) is 0 Å².